The summed E-state index contributed by atoms with van der Waals surface area (Å²) in [6.45, 7) is 3.70. The SMILES string of the molecule is CCC1(CC)C(=O)N(C)C(=O)N(Cc2cccn3ccnc23)C1=O. The molecule has 3 rings (SSSR count). The topological polar surface area (TPSA) is 75.0 Å². The molecule has 126 valence electrons. The Morgan fingerprint density at radius 2 is 1.79 bits per heavy atom. The quantitative estimate of drug-likeness (QED) is 0.805. The molecule has 0 N–H and O–H groups in total. The van der Waals surface area contributed by atoms with Crippen LogP contribution in [0.25, 0.3) is 5.65 Å². The van der Waals surface area contributed by atoms with Crippen molar-refractivity contribution in [2.75, 3.05) is 7.05 Å². The molecule has 2 aromatic heterocycles. The summed E-state index contributed by atoms with van der Waals surface area (Å²) in [6.07, 6.45) is 6.04. The van der Waals surface area contributed by atoms with E-state index in [1.165, 1.54) is 11.9 Å². The van der Waals surface area contributed by atoms with Crippen LogP contribution in [0.3, 0.4) is 0 Å². The number of fused-ring (bicyclic) bond motifs is 1. The summed E-state index contributed by atoms with van der Waals surface area (Å²) < 4.78 is 1.83. The predicted octanol–water partition coefficient (Wildman–Crippen LogP) is 2.06. The molecule has 0 aliphatic carbocycles. The zero-order valence-electron chi connectivity index (χ0n) is 14.0. The molecule has 3 heterocycles. The van der Waals surface area contributed by atoms with Crippen molar-refractivity contribution < 1.29 is 14.4 Å². The number of carbonyl (C=O) groups is 3. The summed E-state index contributed by atoms with van der Waals surface area (Å²) in [5.74, 6) is -0.841. The molecule has 0 saturated carbocycles. The highest BCUT2D eigenvalue weighted by molar-refractivity contribution is 6.18. The fourth-order valence-electron chi connectivity index (χ4n) is 3.32. The number of nitrogens with zero attached hydrogens (tertiary/aromatic N) is 4. The van der Waals surface area contributed by atoms with Crippen LogP contribution in [-0.4, -0.2) is 44.1 Å². The van der Waals surface area contributed by atoms with Crippen molar-refractivity contribution in [2.24, 2.45) is 5.41 Å². The molecular formula is C17H20N4O3. The van der Waals surface area contributed by atoms with E-state index in [1.54, 1.807) is 26.2 Å². The van der Waals surface area contributed by atoms with Crippen molar-refractivity contribution in [3.05, 3.63) is 36.3 Å². The van der Waals surface area contributed by atoms with Gasteiger partial charge in [-0.25, -0.2) is 9.78 Å². The molecule has 4 amide bonds. The molecule has 1 saturated heterocycles. The van der Waals surface area contributed by atoms with E-state index < -0.39 is 23.3 Å². The Morgan fingerprint density at radius 1 is 1.08 bits per heavy atom. The number of hydrogen-bond donors (Lipinski definition) is 0. The number of amides is 4. The van der Waals surface area contributed by atoms with Crippen LogP contribution in [0.15, 0.2) is 30.7 Å². The third-order valence-corrected chi connectivity index (χ3v) is 4.92. The number of pyridine rings is 1. The highest BCUT2D eigenvalue weighted by atomic mass is 16.2. The van der Waals surface area contributed by atoms with E-state index in [9.17, 15) is 14.4 Å². The Kier molecular flexibility index (Phi) is 3.87. The number of barbiturate groups is 1. The Hall–Kier alpha value is -2.70. The van der Waals surface area contributed by atoms with Gasteiger partial charge in [-0.15, -0.1) is 0 Å². The number of imide groups is 2. The normalized spacial score (nSPS) is 17.9. The van der Waals surface area contributed by atoms with Crippen LogP contribution >= 0.6 is 0 Å². The van der Waals surface area contributed by atoms with Crippen molar-refractivity contribution >= 4 is 23.5 Å². The lowest BCUT2D eigenvalue weighted by Gasteiger charge is -2.42. The van der Waals surface area contributed by atoms with E-state index in [0.717, 1.165) is 10.5 Å². The largest absolute Gasteiger partial charge is 0.333 e. The summed E-state index contributed by atoms with van der Waals surface area (Å²) in [4.78, 5) is 44.6. The minimum Gasteiger partial charge on any atom is -0.307 e. The minimum atomic E-state index is -1.16. The second kappa shape index (κ2) is 5.74. The van der Waals surface area contributed by atoms with Gasteiger partial charge in [0.2, 0.25) is 11.8 Å². The second-order valence-corrected chi connectivity index (χ2v) is 6.02. The third kappa shape index (κ3) is 2.11. The maximum atomic E-state index is 13.0. The number of urea groups is 1. The van der Waals surface area contributed by atoms with Crippen LogP contribution in [0.2, 0.25) is 0 Å². The van der Waals surface area contributed by atoms with E-state index in [0.29, 0.717) is 18.5 Å². The molecule has 0 bridgehead atoms. The van der Waals surface area contributed by atoms with Crippen LogP contribution in [0.5, 0.6) is 0 Å². The Morgan fingerprint density at radius 3 is 2.46 bits per heavy atom. The van der Waals surface area contributed by atoms with Crippen LogP contribution in [0.4, 0.5) is 4.79 Å². The lowest BCUT2D eigenvalue weighted by Crippen LogP contribution is -2.63. The number of carbonyl (C=O) groups excluding carboxylic acids is 3. The van der Waals surface area contributed by atoms with Gasteiger partial charge < -0.3 is 4.40 Å². The molecule has 0 spiro atoms. The summed E-state index contributed by atoms with van der Waals surface area (Å²) in [5, 5.41) is 0. The maximum absolute atomic E-state index is 13.0. The van der Waals surface area contributed by atoms with Gasteiger partial charge in [-0.05, 0) is 18.9 Å². The lowest BCUT2D eigenvalue weighted by molar-refractivity contribution is -0.159. The van der Waals surface area contributed by atoms with E-state index in [-0.39, 0.29) is 6.54 Å². The molecular weight excluding hydrogens is 308 g/mol. The van der Waals surface area contributed by atoms with Gasteiger partial charge in [-0.1, -0.05) is 19.9 Å². The minimum absolute atomic E-state index is 0.0956. The Balaban J connectivity index is 2.03. The summed E-state index contributed by atoms with van der Waals surface area (Å²) in [5.41, 5.74) is 0.285. The second-order valence-electron chi connectivity index (χ2n) is 6.02. The maximum Gasteiger partial charge on any atom is 0.333 e. The first kappa shape index (κ1) is 16.2. The lowest BCUT2D eigenvalue weighted by atomic mass is 9.78. The Bertz CT molecular complexity index is 822. The van der Waals surface area contributed by atoms with E-state index in [1.807, 2.05) is 22.7 Å². The average Bonchev–Trinajstić information content (AvgIpc) is 3.08. The molecule has 7 heteroatoms. The van der Waals surface area contributed by atoms with Crippen LogP contribution in [-0.2, 0) is 16.1 Å². The number of aromatic nitrogens is 2. The van der Waals surface area contributed by atoms with Crippen molar-refractivity contribution in [1.29, 1.82) is 0 Å². The number of imidazole rings is 1. The summed E-state index contributed by atoms with van der Waals surface area (Å²) in [7, 11) is 1.43. The van der Waals surface area contributed by atoms with Crippen molar-refractivity contribution in [2.45, 2.75) is 33.2 Å². The molecule has 0 radical (unpaired) electrons. The summed E-state index contributed by atoms with van der Waals surface area (Å²) >= 11 is 0. The van der Waals surface area contributed by atoms with Gasteiger partial charge in [-0.2, -0.15) is 0 Å². The van der Waals surface area contributed by atoms with Gasteiger partial charge in [0.15, 0.2) is 0 Å². The zero-order chi connectivity index (χ0) is 17.5. The predicted molar refractivity (Wildman–Crippen MR) is 86.9 cm³/mol. The van der Waals surface area contributed by atoms with Crippen LogP contribution in [0, 0.1) is 5.41 Å². The summed E-state index contributed by atoms with van der Waals surface area (Å²) in [6, 6.07) is 3.08. The first-order valence-corrected chi connectivity index (χ1v) is 8.01. The molecule has 0 atom stereocenters. The van der Waals surface area contributed by atoms with Gasteiger partial charge in [0, 0.05) is 31.2 Å². The molecule has 0 unspecified atom stereocenters. The first-order valence-electron chi connectivity index (χ1n) is 8.01. The molecule has 1 aliphatic rings. The third-order valence-electron chi connectivity index (χ3n) is 4.92. The highest BCUT2D eigenvalue weighted by Crippen LogP contribution is 2.36. The number of rotatable bonds is 4. The molecule has 7 nitrogen and oxygen atoms in total. The molecule has 2 aromatic rings. The zero-order valence-corrected chi connectivity index (χ0v) is 14.0. The molecule has 1 fully saturated rings. The van der Waals surface area contributed by atoms with E-state index >= 15 is 0 Å². The van der Waals surface area contributed by atoms with Crippen molar-refractivity contribution in [3.63, 3.8) is 0 Å². The highest BCUT2D eigenvalue weighted by Gasteiger charge is 2.54. The monoisotopic (exact) mass is 328 g/mol. The Labute approximate surface area is 139 Å². The fraction of sp³-hybridized carbons (Fsp3) is 0.412. The average molecular weight is 328 g/mol. The molecule has 1 aliphatic heterocycles. The van der Waals surface area contributed by atoms with Crippen molar-refractivity contribution in [3.8, 4) is 0 Å². The van der Waals surface area contributed by atoms with Gasteiger partial charge >= 0.3 is 6.03 Å². The van der Waals surface area contributed by atoms with Gasteiger partial charge in [-0.3, -0.25) is 19.4 Å². The van der Waals surface area contributed by atoms with Gasteiger partial charge in [0.25, 0.3) is 0 Å². The van der Waals surface area contributed by atoms with Gasteiger partial charge in [0.05, 0.1) is 6.54 Å². The van der Waals surface area contributed by atoms with Crippen molar-refractivity contribution in [1.82, 2.24) is 19.2 Å². The standard InChI is InChI=1S/C17H20N4O3/c1-4-17(5-2)14(22)19(3)16(24)21(15(17)23)11-12-7-6-9-20-10-8-18-13(12)20/h6-10H,4-5,11H2,1-3H3. The first-order chi connectivity index (χ1) is 11.5. The fourth-order valence-corrected chi connectivity index (χ4v) is 3.32. The van der Waals surface area contributed by atoms with E-state index in [2.05, 4.69) is 4.98 Å². The smallest absolute Gasteiger partial charge is 0.307 e. The van der Waals surface area contributed by atoms with Crippen LogP contribution < -0.4 is 0 Å². The molecule has 24 heavy (non-hydrogen) atoms. The van der Waals surface area contributed by atoms with Crippen LogP contribution in [0.1, 0.15) is 32.3 Å². The number of hydrogen-bond acceptors (Lipinski definition) is 4. The van der Waals surface area contributed by atoms with Gasteiger partial charge in [0.1, 0.15) is 11.1 Å². The molecule has 0 aromatic carbocycles. The van der Waals surface area contributed by atoms with E-state index in [4.69, 9.17) is 0 Å².